The van der Waals surface area contributed by atoms with Gasteiger partial charge in [-0.2, -0.15) is 0 Å². The van der Waals surface area contributed by atoms with Crippen LogP contribution in [-0.4, -0.2) is 6.17 Å². The minimum atomic E-state index is -1.13. The van der Waals surface area contributed by atoms with Crippen molar-refractivity contribution in [3.05, 3.63) is 24.1 Å². The second kappa shape index (κ2) is 2.95. The summed E-state index contributed by atoms with van der Waals surface area (Å²) >= 11 is 0. The fraction of sp³-hybridized carbons (Fsp3) is 0.500. The van der Waals surface area contributed by atoms with Crippen molar-refractivity contribution < 1.29 is 8.78 Å². The highest BCUT2D eigenvalue weighted by Gasteiger charge is 2.22. The molecule has 0 aromatic rings. The van der Waals surface area contributed by atoms with Crippen LogP contribution in [0.25, 0.3) is 0 Å². The van der Waals surface area contributed by atoms with Crippen molar-refractivity contribution in [1.29, 1.82) is 0 Å². The summed E-state index contributed by atoms with van der Waals surface area (Å²) in [4.78, 5) is 0. The van der Waals surface area contributed by atoms with Crippen molar-refractivity contribution in [2.24, 2.45) is 5.92 Å². The molecule has 0 aliphatic heterocycles. The summed E-state index contributed by atoms with van der Waals surface area (Å²) < 4.78 is 25.4. The van der Waals surface area contributed by atoms with Crippen LogP contribution in [0.2, 0.25) is 0 Å². The highest BCUT2D eigenvalue weighted by molar-refractivity contribution is 5.19. The molecule has 0 fully saturated rings. The number of allylic oxidation sites excluding steroid dienone is 4. The van der Waals surface area contributed by atoms with Crippen LogP contribution in [0.15, 0.2) is 24.1 Å². The van der Waals surface area contributed by atoms with Gasteiger partial charge >= 0.3 is 0 Å². The zero-order chi connectivity index (χ0) is 7.56. The van der Waals surface area contributed by atoms with Crippen LogP contribution in [0.3, 0.4) is 0 Å². The minimum absolute atomic E-state index is 0.336. The average molecular weight is 144 g/mol. The summed E-state index contributed by atoms with van der Waals surface area (Å²) in [5, 5.41) is 0. The highest BCUT2D eigenvalue weighted by Crippen LogP contribution is 2.26. The molecule has 10 heavy (non-hydrogen) atoms. The van der Waals surface area contributed by atoms with Gasteiger partial charge in [-0.05, 0) is 18.6 Å². The Morgan fingerprint density at radius 1 is 1.60 bits per heavy atom. The van der Waals surface area contributed by atoms with Gasteiger partial charge in [-0.3, -0.25) is 0 Å². The molecule has 0 bridgehead atoms. The van der Waals surface area contributed by atoms with Crippen LogP contribution in [-0.2, 0) is 0 Å². The molecule has 0 heterocycles. The van der Waals surface area contributed by atoms with E-state index in [0.29, 0.717) is 6.42 Å². The fourth-order valence-corrected chi connectivity index (χ4v) is 1.08. The molecule has 0 saturated carbocycles. The molecule has 2 heteroatoms. The molecule has 0 N–H and O–H groups in total. The molecule has 0 spiro atoms. The Hall–Kier alpha value is -0.660. The van der Waals surface area contributed by atoms with Gasteiger partial charge in [0, 0.05) is 5.92 Å². The summed E-state index contributed by atoms with van der Waals surface area (Å²) in [5.74, 6) is -0.873. The fourth-order valence-electron chi connectivity index (χ4n) is 1.08. The Morgan fingerprint density at radius 2 is 2.30 bits per heavy atom. The third-order valence-electron chi connectivity index (χ3n) is 1.73. The lowest BCUT2D eigenvalue weighted by Gasteiger charge is -2.16. The molecule has 56 valence electrons. The summed E-state index contributed by atoms with van der Waals surface area (Å²) in [6.07, 6.45) is 3.52. The van der Waals surface area contributed by atoms with Crippen molar-refractivity contribution in [3.63, 3.8) is 0 Å². The topological polar surface area (TPSA) is 0 Å². The van der Waals surface area contributed by atoms with E-state index >= 15 is 0 Å². The van der Waals surface area contributed by atoms with Gasteiger partial charge in [-0.25, -0.2) is 8.78 Å². The first-order chi connectivity index (χ1) is 4.75. The second-order valence-corrected chi connectivity index (χ2v) is 2.40. The smallest absolute Gasteiger partial charge is 0.128 e. The molecular formula is C8H10F2. The van der Waals surface area contributed by atoms with E-state index in [1.54, 1.807) is 6.92 Å². The van der Waals surface area contributed by atoms with Gasteiger partial charge in [0.05, 0.1) is 0 Å². The van der Waals surface area contributed by atoms with Crippen molar-refractivity contribution >= 4 is 0 Å². The van der Waals surface area contributed by atoms with E-state index in [1.165, 1.54) is 18.2 Å². The molecule has 0 amide bonds. The Bertz CT molecular complexity index is 170. The van der Waals surface area contributed by atoms with E-state index in [0.717, 1.165) is 0 Å². The van der Waals surface area contributed by atoms with Crippen molar-refractivity contribution in [2.45, 2.75) is 19.5 Å². The van der Waals surface area contributed by atoms with Gasteiger partial charge in [-0.15, -0.1) is 0 Å². The van der Waals surface area contributed by atoms with E-state index < -0.39 is 12.1 Å². The zero-order valence-corrected chi connectivity index (χ0v) is 5.85. The lowest BCUT2D eigenvalue weighted by atomic mass is 9.95. The minimum Gasteiger partial charge on any atom is -0.242 e. The van der Waals surface area contributed by atoms with Crippen LogP contribution >= 0.6 is 0 Å². The van der Waals surface area contributed by atoms with Crippen LogP contribution < -0.4 is 0 Å². The van der Waals surface area contributed by atoms with E-state index in [-0.39, 0.29) is 5.83 Å². The van der Waals surface area contributed by atoms with E-state index in [1.807, 2.05) is 0 Å². The summed E-state index contributed by atoms with van der Waals surface area (Å²) in [7, 11) is 0. The molecule has 1 rings (SSSR count). The van der Waals surface area contributed by atoms with Crippen LogP contribution in [0.5, 0.6) is 0 Å². The van der Waals surface area contributed by atoms with E-state index in [2.05, 4.69) is 0 Å². The number of hydrogen-bond donors (Lipinski definition) is 0. The lowest BCUT2D eigenvalue weighted by Crippen LogP contribution is -2.15. The Kier molecular flexibility index (Phi) is 2.20. The molecule has 0 aromatic heterocycles. The third-order valence-corrected chi connectivity index (χ3v) is 1.73. The summed E-state index contributed by atoms with van der Waals surface area (Å²) in [6, 6.07) is 0. The third kappa shape index (κ3) is 1.25. The van der Waals surface area contributed by atoms with Gasteiger partial charge in [0.15, 0.2) is 0 Å². The number of halogens is 2. The van der Waals surface area contributed by atoms with E-state index in [9.17, 15) is 8.78 Å². The molecular weight excluding hydrogens is 134 g/mol. The maximum Gasteiger partial charge on any atom is 0.128 e. The standard InChI is InChI=1S/C8H10F2/c1-2-6-7(9)4-3-5-8(6)10/h3-7H,2H2,1H3. The van der Waals surface area contributed by atoms with Crippen molar-refractivity contribution in [1.82, 2.24) is 0 Å². The number of hydrogen-bond acceptors (Lipinski definition) is 0. The van der Waals surface area contributed by atoms with Gasteiger partial charge in [0.1, 0.15) is 12.0 Å². The van der Waals surface area contributed by atoms with Gasteiger partial charge < -0.3 is 0 Å². The molecule has 2 unspecified atom stereocenters. The first-order valence-corrected chi connectivity index (χ1v) is 3.43. The molecule has 2 atom stereocenters. The maximum atomic E-state index is 12.7. The van der Waals surface area contributed by atoms with Gasteiger partial charge in [-0.1, -0.05) is 13.0 Å². The van der Waals surface area contributed by atoms with E-state index in [4.69, 9.17) is 0 Å². The first-order valence-electron chi connectivity index (χ1n) is 3.43. The Labute approximate surface area is 59.2 Å². The highest BCUT2D eigenvalue weighted by atomic mass is 19.1. The molecule has 1 aliphatic carbocycles. The summed E-state index contributed by atoms with van der Waals surface area (Å²) in [6.45, 7) is 1.78. The maximum absolute atomic E-state index is 12.7. The monoisotopic (exact) mass is 144 g/mol. The van der Waals surface area contributed by atoms with Crippen molar-refractivity contribution in [2.75, 3.05) is 0 Å². The zero-order valence-electron chi connectivity index (χ0n) is 5.85. The quantitative estimate of drug-likeness (QED) is 0.530. The molecule has 0 radical (unpaired) electrons. The Morgan fingerprint density at radius 3 is 2.70 bits per heavy atom. The van der Waals surface area contributed by atoms with Gasteiger partial charge in [0.2, 0.25) is 0 Å². The number of rotatable bonds is 1. The normalized spacial score (nSPS) is 32.1. The van der Waals surface area contributed by atoms with Crippen LogP contribution in [0, 0.1) is 5.92 Å². The predicted molar refractivity (Wildman–Crippen MR) is 37.0 cm³/mol. The molecule has 1 aliphatic rings. The average Bonchev–Trinajstić information content (AvgIpc) is 1.88. The van der Waals surface area contributed by atoms with Crippen LogP contribution in [0.4, 0.5) is 8.78 Å². The summed E-state index contributed by atoms with van der Waals surface area (Å²) in [5.41, 5.74) is 0. The SMILES string of the molecule is CCC1C(F)=CC=CC1F. The first kappa shape index (κ1) is 7.45. The Balaban J connectivity index is 2.71. The van der Waals surface area contributed by atoms with Gasteiger partial charge in [0.25, 0.3) is 0 Å². The van der Waals surface area contributed by atoms with Crippen molar-refractivity contribution in [3.8, 4) is 0 Å². The largest absolute Gasteiger partial charge is 0.242 e. The second-order valence-electron chi connectivity index (χ2n) is 2.40. The number of alkyl halides is 1. The lowest BCUT2D eigenvalue weighted by molar-refractivity contribution is 0.269. The molecule has 0 nitrogen and oxygen atoms in total. The predicted octanol–water partition coefficient (Wildman–Crippen LogP) is 2.77. The molecule has 0 saturated heterocycles. The van der Waals surface area contributed by atoms with Crippen LogP contribution in [0.1, 0.15) is 13.3 Å². The molecule has 0 aromatic carbocycles.